The van der Waals surface area contributed by atoms with Crippen LogP contribution in [0.1, 0.15) is 6.42 Å². The molecule has 5 heteroatoms. The molecule has 2 heterocycles. The zero-order chi connectivity index (χ0) is 12.5. The monoisotopic (exact) mass is 243 g/mol. The number of anilines is 1. The van der Waals surface area contributed by atoms with Crippen molar-refractivity contribution in [1.82, 2.24) is 9.78 Å². The largest absolute Gasteiger partial charge is 0.491 e. The average Bonchev–Trinajstić information content (AvgIpc) is 2.87. The third-order valence-corrected chi connectivity index (χ3v) is 3.02. The van der Waals surface area contributed by atoms with Gasteiger partial charge >= 0.3 is 0 Å². The molecule has 0 spiro atoms. The summed E-state index contributed by atoms with van der Waals surface area (Å²) in [7, 11) is 1.77. The van der Waals surface area contributed by atoms with Crippen LogP contribution < -0.4 is 9.64 Å². The Morgan fingerprint density at radius 2 is 2.28 bits per heavy atom. The van der Waals surface area contributed by atoms with Crippen LogP contribution in [0.15, 0.2) is 36.7 Å². The van der Waals surface area contributed by atoms with Gasteiger partial charge in [0.1, 0.15) is 5.75 Å². The van der Waals surface area contributed by atoms with Crippen LogP contribution in [0.3, 0.4) is 0 Å². The first-order valence-corrected chi connectivity index (χ1v) is 5.79. The standard InChI is InChI=1S/C13H13N3O2/c1-15-11-9-10(16-7-2-6-14-16)3-4-12(11)18-8-5-13(15)17/h2-4,6-7,9H,5,8H2,1H3. The lowest BCUT2D eigenvalue weighted by Gasteiger charge is -2.17. The topological polar surface area (TPSA) is 47.4 Å². The van der Waals surface area contributed by atoms with Gasteiger partial charge in [0.05, 0.1) is 24.4 Å². The van der Waals surface area contributed by atoms with Crippen molar-refractivity contribution >= 4 is 11.6 Å². The van der Waals surface area contributed by atoms with Crippen molar-refractivity contribution in [3.63, 3.8) is 0 Å². The van der Waals surface area contributed by atoms with E-state index in [9.17, 15) is 4.79 Å². The maximum atomic E-state index is 11.8. The van der Waals surface area contributed by atoms with E-state index in [0.29, 0.717) is 13.0 Å². The summed E-state index contributed by atoms with van der Waals surface area (Å²) < 4.78 is 7.32. The van der Waals surface area contributed by atoms with Gasteiger partial charge in [-0.15, -0.1) is 0 Å². The maximum Gasteiger partial charge on any atom is 0.230 e. The van der Waals surface area contributed by atoms with E-state index in [1.54, 1.807) is 22.8 Å². The molecule has 0 saturated heterocycles. The van der Waals surface area contributed by atoms with Crippen LogP contribution in [-0.4, -0.2) is 29.3 Å². The molecule has 1 amide bonds. The zero-order valence-corrected chi connectivity index (χ0v) is 10.0. The van der Waals surface area contributed by atoms with E-state index in [2.05, 4.69) is 5.10 Å². The van der Waals surface area contributed by atoms with Crippen LogP contribution in [0, 0.1) is 0 Å². The van der Waals surface area contributed by atoms with Gasteiger partial charge in [-0.3, -0.25) is 4.79 Å². The number of benzene rings is 1. The number of carbonyl (C=O) groups excluding carboxylic acids is 1. The molecule has 1 aliphatic rings. The summed E-state index contributed by atoms with van der Waals surface area (Å²) in [4.78, 5) is 13.4. The molecule has 2 aromatic rings. The number of aromatic nitrogens is 2. The van der Waals surface area contributed by atoms with Gasteiger partial charge in [-0.25, -0.2) is 4.68 Å². The van der Waals surface area contributed by atoms with Crippen LogP contribution in [0.5, 0.6) is 5.75 Å². The van der Waals surface area contributed by atoms with Crippen LogP contribution >= 0.6 is 0 Å². The van der Waals surface area contributed by atoms with Crippen molar-refractivity contribution in [2.24, 2.45) is 0 Å². The minimum atomic E-state index is 0.0614. The molecule has 0 unspecified atom stereocenters. The van der Waals surface area contributed by atoms with Crippen LogP contribution in [0.2, 0.25) is 0 Å². The highest BCUT2D eigenvalue weighted by molar-refractivity contribution is 5.95. The Hall–Kier alpha value is -2.30. The summed E-state index contributed by atoms with van der Waals surface area (Å²) in [5.74, 6) is 0.797. The Labute approximate surface area is 105 Å². The van der Waals surface area contributed by atoms with E-state index in [1.807, 2.05) is 30.5 Å². The van der Waals surface area contributed by atoms with Crippen LogP contribution in [0.4, 0.5) is 5.69 Å². The predicted molar refractivity (Wildman–Crippen MR) is 67.1 cm³/mol. The van der Waals surface area contributed by atoms with Gasteiger partial charge in [0.15, 0.2) is 0 Å². The first-order chi connectivity index (χ1) is 8.75. The van der Waals surface area contributed by atoms with Gasteiger partial charge < -0.3 is 9.64 Å². The number of nitrogens with zero attached hydrogens (tertiary/aromatic N) is 3. The molecule has 1 aliphatic heterocycles. The molecule has 1 aromatic heterocycles. The second-order valence-electron chi connectivity index (χ2n) is 4.15. The Bertz CT molecular complexity index is 578. The average molecular weight is 243 g/mol. The van der Waals surface area contributed by atoms with Crippen molar-refractivity contribution in [3.05, 3.63) is 36.7 Å². The third-order valence-electron chi connectivity index (χ3n) is 3.02. The molecule has 0 radical (unpaired) electrons. The molecule has 0 aliphatic carbocycles. The zero-order valence-electron chi connectivity index (χ0n) is 10.0. The lowest BCUT2D eigenvalue weighted by Crippen LogP contribution is -2.25. The van der Waals surface area contributed by atoms with Crippen molar-refractivity contribution in [1.29, 1.82) is 0 Å². The van der Waals surface area contributed by atoms with Crippen molar-refractivity contribution < 1.29 is 9.53 Å². The Morgan fingerprint density at radius 3 is 3.06 bits per heavy atom. The summed E-state index contributed by atoms with van der Waals surface area (Å²) in [5, 5.41) is 4.18. The molecule has 1 aromatic carbocycles. The van der Waals surface area contributed by atoms with Gasteiger partial charge in [0, 0.05) is 19.4 Å². The van der Waals surface area contributed by atoms with E-state index >= 15 is 0 Å². The molecule has 0 N–H and O–H groups in total. The fraction of sp³-hybridized carbons (Fsp3) is 0.231. The Morgan fingerprint density at radius 1 is 1.39 bits per heavy atom. The molecular weight excluding hydrogens is 230 g/mol. The number of fused-ring (bicyclic) bond motifs is 1. The molecule has 0 bridgehead atoms. The van der Waals surface area contributed by atoms with E-state index < -0.39 is 0 Å². The molecule has 92 valence electrons. The quantitative estimate of drug-likeness (QED) is 0.764. The SMILES string of the molecule is CN1C(=O)CCOc2ccc(-n3cccn3)cc21. The van der Waals surface area contributed by atoms with E-state index in [4.69, 9.17) is 4.74 Å². The highest BCUT2D eigenvalue weighted by Gasteiger charge is 2.20. The normalized spacial score (nSPS) is 14.9. The van der Waals surface area contributed by atoms with E-state index in [-0.39, 0.29) is 5.91 Å². The number of hydrogen-bond acceptors (Lipinski definition) is 3. The van der Waals surface area contributed by atoms with Crippen molar-refractivity contribution in [2.75, 3.05) is 18.6 Å². The van der Waals surface area contributed by atoms with E-state index in [1.165, 1.54) is 0 Å². The third kappa shape index (κ3) is 1.73. The first-order valence-electron chi connectivity index (χ1n) is 5.79. The molecule has 0 atom stereocenters. The van der Waals surface area contributed by atoms with E-state index in [0.717, 1.165) is 17.1 Å². The maximum absolute atomic E-state index is 11.8. The molecule has 0 fully saturated rings. The minimum Gasteiger partial charge on any atom is -0.491 e. The molecule has 3 rings (SSSR count). The molecular formula is C13H13N3O2. The minimum absolute atomic E-state index is 0.0614. The van der Waals surface area contributed by atoms with Gasteiger partial charge in [0.2, 0.25) is 5.91 Å². The first kappa shape index (κ1) is 10.8. The van der Waals surface area contributed by atoms with Gasteiger partial charge in [-0.2, -0.15) is 5.10 Å². The fourth-order valence-electron chi connectivity index (χ4n) is 2.00. The fourth-order valence-corrected chi connectivity index (χ4v) is 2.00. The van der Waals surface area contributed by atoms with Crippen LogP contribution in [0.25, 0.3) is 5.69 Å². The molecule has 5 nitrogen and oxygen atoms in total. The van der Waals surface area contributed by atoms with Gasteiger partial charge in [-0.05, 0) is 24.3 Å². The van der Waals surface area contributed by atoms with Crippen LogP contribution in [-0.2, 0) is 4.79 Å². The second kappa shape index (κ2) is 4.18. The molecule has 0 saturated carbocycles. The highest BCUT2D eigenvalue weighted by atomic mass is 16.5. The summed E-state index contributed by atoms with van der Waals surface area (Å²) in [6.07, 6.45) is 3.99. The smallest absolute Gasteiger partial charge is 0.230 e. The second-order valence-corrected chi connectivity index (χ2v) is 4.15. The van der Waals surface area contributed by atoms with Gasteiger partial charge in [0.25, 0.3) is 0 Å². The van der Waals surface area contributed by atoms with Gasteiger partial charge in [-0.1, -0.05) is 0 Å². The summed E-state index contributed by atoms with van der Waals surface area (Å²) in [6.45, 7) is 0.428. The number of rotatable bonds is 1. The number of amides is 1. The highest BCUT2D eigenvalue weighted by Crippen LogP contribution is 2.32. The van der Waals surface area contributed by atoms with Crippen molar-refractivity contribution in [2.45, 2.75) is 6.42 Å². The number of hydrogen-bond donors (Lipinski definition) is 0. The Kier molecular flexibility index (Phi) is 2.51. The summed E-state index contributed by atoms with van der Waals surface area (Å²) in [6, 6.07) is 7.57. The van der Waals surface area contributed by atoms with Crippen molar-refractivity contribution in [3.8, 4) is 11.4 Å². The summed E-state index contributed by atoms with van der Waals surface area (Å²) >= 11 is 0. The summed E-state index contributed by atoms with van der Waals surface area (Å²) in [5.41, 5.74) is 1.69. The number of ether oxygens (including phenoxy) is 1. The predicted octanol–water partition coefficient (Wildman–Crippen LogP) is 1.62. The number of carbonyl (C=O) groups is 1. The Balaban J connectivity index is 2.08. The molecule has 18 heavy (non-hydrogen) atoms. The lowest BCUT2D eigenvalue weighted by molar-refractivity contribution is -0.118. The lowest BCUT2D eigenvalue weighted by atomic mass is 10.2.